The van der Waals surface area contributed by atoms with E-state index in [9.17, 15) is 13.2 Å². The minimum atomic E-state index is -1.71. The van der Waals surface area contributed by atoms with E-state index in [1.54, 1.807) is 42.5 Å². The maximum atomic E-state index is 14.8. The first-order chi connectivity index (χ1) is 14.5. The first kappa shape index (κ1) is 21.2. The summed E-state index contributed by atoms with van der Waals surface area (Å²) in [6.45, 7) is 0.227. The van der Waals surface area contributed by atoms with E-state index in [2.05, 4.69) is 15.9 Å². The number of rotatable bonds is 6. The monoisotopic (exact) mass is 472 g/mol. The highest BCUT2D eigenvalue weighted by atomic mass is 79.9. The van der Waals surface area contributed by atoms with Crippen LogP contribution in [0.3, 0.4) is 0 Å². The Labute approximate surface area is 178 Å². The molecule has 0 aliphatic heterocycles. The van der Waals surface area contributed by atoms with E-state index in [0.29, 0.717) is 16.5 Å². The molecule has 0 aliphatic carbocycles. The molecule has 0 amide bonds. The first-order valence-corrected chi connectivity index (χ1v) is 9.71. The van der Waals surface area contributed by atoms with Crippen LogP contribution in [-0.4, -0.2) is 11.9 Å². The minimum Gasteiger partial charge on any atom is -0.489 e. The van der Waals surface area contributed by atoms with E-state index in [1.165, 1.54) is 18.2 Å². The lowest BCUT2D eigenvalue weighted by Crippen LogP contribution is -2.06. The van der Waals surface area contributed by atoms with E-state index in [4.69, 9.17) is 20.0 Å². The van der Waals surface area contributed by atoms with Crippen molar-refractivity contribution in [2.75, 3.05) is 11.9 Å². The minimum absolute atomic E-state index is 0.0598. The van der Waals surface area contributed by atoms with Crippen molar-refractivity contribution in [1.29, 1.82) is 10.5 Å². The number of hydrogen-bond acceptors (Lipinski definition) is 4. The molecule has 0 atom stereocenters. The predicted molar refractivity (Wildman–Crippen MR) is 107 cm³/mol. The van der Waals surface area contributed by atoms with E-state index >= 15 is 0 Å². The first-order valence-electron chi connectivity index (χ1n) is 8.59. The maximum Gasteiger partial charge on any atom is 0.205 e. The van der Waals surface area contributed by atoms with Crippen LogP contribution in [0.1, 0.15) is 11.1 Å². The van der Waals surface area contributed by atoms with E-state index in [0.717, 1.165) is 0 Å². The number of alkyl halides is 1. The summed E-state index contributed by atoms with van der Waals surface area (Å²) in [4.78, 5) is 0. The van der Waals surface area contributed by atoms with Crippen molar-refractivity contribution in [3.8, 4) is 40.5 Å². The molecule has 0 heterocycles. The molecule has 8 heteroatoms. The molecule has 0 spiro atoms. The molecular weight excluding hydrogens is 461 g/mol. The number of para-hydroxylation sites is 1. The van der Waals surface area contributed by atoms with Crippen molar-refractivity contribution in [3.63, 3.8) is 0 Å². The zero-order valence-electron chi connectivity index (χ0n) is 15.3. The molecule has 150 valence electrons. The zero-order valence-corrected chi connectivity index (χ0v) is 16.8. The molecule has 30 heavy (non-hydrogen) atoms. The topological polar surface area (TPSA) is 66.0 Å². The second-order valence-corrected chi connectivity index (χ2v) is 6.68. The highest BCUT2D eigenvalue weighted by Gasteiger charge is 2.28. The Balaban J connectivity index is 2.23. The molecule has 0 unspecified atom stereocenters. The summed E-state index contributed by atoms with van der Waals surface area (Å²) < 4.78 is 54.8. The molecule has 0 bridgehead atoms. The number of ether oxygens (including phenoxy) is 2. The van der Waals surface area contributed by atoms with Gasteiger partial charge in [0.2, 0.25) is 11.6 Å². The van der Waals surface area contributed by atoms with Crippen LogP contribution in [0.4, 0.5) is 13.2 Å². The van der Waals surface area contributed by atoms with Crippen LogP contribution in [0, 0.1) is 40.1 Å². The van der Waals surface area contributed by atoms with Gasteiger partial charge in [0, 0.05) is 10.9 Å². The second kappa shape index (κ2) is 9.34. The van der Waals surface area contributed by atoms with Crippen LogP contribution < -0.4 is 9.47 Å². The summed E-state index contributed by atoms with van der Waals surface area (Å²) in [7, 11) is 0. The van der Waals surface area contributed by atoms with Crippen LogP contribution in [0.15, 0.2) is 48.5 Å². The van der Waals surface area contributed by atoms with Crippen molar-refractivity contribution in [2.24, 2.45) is 0 Å². The fourth-order valence-corrected chi connectivity index (χ4v) is 2.93. The summed E-state index contributed by atoms with van der Waals surface area (Å²) in [5, 5.41) is 18.6. The zero-order chi connectivity index (χ0) is 21.7. The molecule has 4 nitrogen and oxygen atoms in total. The van der Waals surface area contributed by atoms with Crippen LogP contribution >= 0.6 is 15.9 Å². The normalized spacial score (nSPS) is 10.2. The number of hydrogen-bond donors (Lipinski definition) is 0. The van der Waals surface area contributed by atoms with Crippen LogP contribution in [0.5, 0.6) is 17.2 Å². The van der Waals surface area contributed by atoms with Gasteiger partial charge < -0.3 is 9.47 Å². The molecule has 0 saturated heterocycles. The van der Waals surface area contributed by atoms with Crippen molar-refractivity contribution >= 4 is 15.9 Å². The lowest BCUT2D eigenvalue weighted by molar-refractivity contribution is 0.316. The fraction of sp³-hybridized carbons (Fsp3) is 0.0909. The average molecular weight is 473 g/mol. The van der Waals surface area contributed by atoms with E-state index < -0.39 is 34.3 Å². The molecule has 0 aromatic heterocycles. The SMILES string of the molecule is N#Cc1c(F)c(F)c(Oc2c(OCCBr)cccc2-c2ccccc2)c(F)c1C#N. The third-order valence-electron chi connectivity index (χ3n) is 4.11. The second-order valence-electron chi connectivity index (χ2n) is 5.88. The smallest absolute Gasteiger partial charge is 0.205 e. The molecule has 3 aromatic rings. The van der Waals surface area contributed by atoms with Crippen molar-refractivity contribution in [1.82, 2.24) is 0 Å². The van der Waals surface area contributed by atoms with E-state index in [1.807, 2.05) is 0 Å². The summed E-state index contributed by atoms with van der Waals surface area (Å²) in [5.74, 6) is -5.87. The van der Waals surface area contributed by atoms with Crippen molar-refractivity contribution < 1.29 is 22.6 Å². The summed E-state index contributed by atoms with van der Waals surface area (Å²) >= 11 is 3.23. The highest BCUT2D eigenvalue weighted by molar-refractivity contribution is 9.09. The van der Waals surface area contributed by atoms with E-state index in [-0.39, 0.29) is 18.1 Å². The fourth-order valence-electron chi connectivity index (χ4n) is 2.77. The van der Waals surface area contributed by atoms with Gasteiger partial charge in [-0.05, 0) is 11.6 Å². The Hall–Kier alpha value is -3.49. The maximum absolute atomic E-state index is 14.8. The third-order valence-corrected chi connectivity index (χ3v) is 4.43. The van der Waals surface area contributed by atoms with Gasteiger partial charge in [0.25, 0.3) is 0 Å². The van der Waals surface area contributed by atoms with Gasteiger partial charge in [0.05, 0.1) is 6.61 Å². The molecule has 0 aliphatic rings. The lowest BCUT2D eigenvalue weighted by atomic mass is 10.0. The van der Waals surface area contributed by atoms with Gasteiger partial charge in [0.15, 0.2) is 23.1 Å². The molecule has 0 saturated carbocycles. The largest absolute Gasteiger partial charge is 0.489 e. The Morgan fingerprint density at radius 3 is 2.10 bits per heavy atom. The summed E-state index contributed by atoms with van der Waals surface area (Å²) in [6.07, 6.45) is 0. The van der Waals surface area contributed by atoms with Gasteiger partial charge in [-0.3, -0.25) is 0 Å². The van der Waals surface area contributed by atoms with Gasteiger partial charge in [0.1, 0.15) is 23.3 Å². The van der Waals surface area contributed by atoms with Crippen LogP contribution in [0.25, 0.3) is 11.1 Å². The quantitative estimate of drug-likeness (QED) is 0.322. The highest BCUT2D eigenvalue weighted by Crippen LogP contribution is 2.43. The molecule has 0 fully saturated rings. The van der Waals surface area contributed by atoms with Gasteiger partial charge in [-0.1, -0.05) is 58.4 Å². The molecule has 3 rings (SSSR count). The van der Waals surface area contributed by atoms with Gasteiger partial charge >= 0.3 is 0 Å². The number of halogens is 4. The van der Waals surface area contributed by atoms with Gasteiger partial charge in [-0.25, -0.2) is 8.78 Å². The van der Waals surface area contributed by atoms with Gasteiger partial charge in [-0.15, -0.1) is 0 Å². The molecule has 0 N–H and O–H groups in total. The standard InChI is InChI=1S/C22H12BrF3N2O2/c23-9-10-29-17-8-4-7-14(13-5-2-1-3-6-13)21(17)30-22-19(25)16(12-28)15(11-27)18(24)20(22)26/h1-8H,9-10H2. The number of benzene rings is 3. The average Bonchev–Trinajstić information content (AvgIpc) is 2.78. The van der Waals surface area contributed by atoms with Crippen molar-refractivity contribution in [3.05, 3.63) is 77.1 Å². The molecular formula is C22H12BrF3N2O2. The summed E-state index contributed by atoms with van der Waals surface area (Å²) in [5.41, 5.74) is -0.865. The van der Waals surface area contributed by atoms with Crippen LogP contribution in [0.2, 0.25) is 0 Å². The van der Waals surface area contributed by atoms with Crippen LogP contribution in [-0.2, 0) is 0 Å². The lowest BCUT2D eigenvalue weighted by Gasteiger charge is -2.17. The number of nitriles is 2. The summed E-state index contributed by atoms with van der Waals surface area (Å²) in [6, 6.07) is 16.4. The predicted octanol–water partition coefficient (Wildman–Crippen LogP) is 6.08. The third kappa shape index (κ3) is 3.96. The van der Waals surface area contributed by atoms with Crippen molar-refractivity contribution in [2.45, 2.75) is 0 Å². The van der Waals surface area contributed by atoms with Gasteiger partial charge in [-0.2, -0.15) is 14.9 Å². The Kier molecular flexibility index (Phi) is 6.61. The Morgan fingerprint density at radius 1 is 0.800 bits per heavy atom. The Morgan fingerprint density at radius 2 is 1.47 bits per heavy atom. The number of nitrogens with zero attached hydrogens (tertiary/aromatic N) is 2. The Bertz CT molecular complexity index is 1170. The molecule has 0 radical (unpaired) electrons. The molecule has 3 aromatic carbocycles.